The summed E-state index contributed by atoms with van der Waals surface area (Å²) in [6.45, 7) is 0.702. The van der Waals surface area contributed by atoms with Crippen LogP contribution in [0.3, 0.4) is 0 Å². The van der Waals surface area contributed by atoms with Gasteiger partial charge in [-0.15, -0.1) is 5.10 Å². The van der Waals surface area contributed by atoms with E-state index in [9.17, 15) is 4.79 Å². The van der Waals surface area contributed by atoms with Crippen LogP contribution < -0.4 is 11.0 Å². The van der Waals surface area contributed by atoms with E-state index in [1.54, 1.807) is 24.7 Å². The Labute approximate surface area is 101 Å². The average Bonchev–Trinajstić information content (AvgIpc) is 3.01. The molecule has 0 radical (unpaired) electrons. The minimum atomic E-state index is -0.345. The highest BCUT2D eigenvalue weighted by molar-refractivity contribution is 5.42. The molecule has 3 heterocycles. The number of nitrogens with one attached hydrogen (secondary N) is 3. The molecule has 0 amide bonds. The van der Waals surface area contributed by atoms with Crippen LogP contribution in [0.4, 0.5) is 5.82 Å². The summed E-state index contributed by atoms with van der Waals surface area (Å²) in [5.41, 5.74) is 1.20. The maximum atomic E-state index is 11.3. The Kier molecular flexibility index (Phi) is 2.52. The third kappa shape index (κ3) is 1.95. The van der Waals surface area contributed by atoms with Gasteiger partial charge in [0.05, 0.1) is 6.33 Å². The topological polar surface area (TPSA) is 104 Å². The summed E-state index contributed by atoms with van der Waals surface area (Å²) >= 11 is 0. The molecule has 0 spiro atoms. The van der Waals surface area contributed by atoms with Crippen LogP contribution in [0.15, 0.2) is 29.5 Å². The first-order chi connectivity index (χ1) is 8.83. The van der Waals surface area contributed by atoms with E-state index in [-0.39, 0.29) is 5.69 Å². The van der Waals surface area contributed by atoms with Crippen LogP contribution >= 0.6 is 0 Å². The predicted octanol–water partition coefficient (Wildman–Crippen LogP) is -0.205. The van der Waals surface area contributed by atoms with Crippen LogP contribution in [0, 0.1) is 0 Å². The first-order valence-corrected chi connectivity index (χ1v) is 5.48. The fraction of sp³-hybridized carbons (Fsp3) is 0.200. The summed E-state index contributed by atoms with van der Waals surface area (Å²) < 4.78 is 1.22. The average molecular weight is 245 g/mol. The van der Waals surface area contributed by atoms with Crippen molar-refractivity contribution < 1.29 is 0 Å². The van der Waals surface area contributed by atoms with Crippen LogP contribution in [0.25, 0.3) is 5.65 Å². The van der Waals surface area contributed by atoms with Gasteiger partial charge in [0.2, 0.25) is 0 Å². The van der Waals surface area contributed by atoms with Crippen molar-refractivity contribution in [1.29, 1.82) is 0 Å². The van der Waals surface area contributed by atoms with Crippen molar-refractivity contribution in [2.45, 2.75) is 6.42 Å². The molecule has 92 valence electrons. The van der Waals surface area contributed by atoms with Crippen LogP contribution in [-0.4, -0.2) is 36.3 Å². The molecular weight excluding hydrogens is 234 g/mol. The zero-order valence-corrected chi connectivity index (χ0v) is 9.42. The first kappa shape index (κ1) is 10.5. The second-order valence-electron chi connectivity index (χ2n) is 3.77. The van der Waals surface area contributed by atoms with Crippen molar-refractivity contribution in [1.82, 2.24) is 29.8 Å². The van der Waals surface area contributed by atoms with E-state index < -0.39 is 0 Å². The van der Waals surface area contributed by atoms with E-state index in [4.69, 9.17) is 0 Å². The highest BCUT2D eigenvalue weighted by Crippen LogP contribution is 2.03. The number of H-pyrrole nitrogens is 2. The second-order valence-corrected chi connectivity index (χ2v) is 3.77. The number of nitrogens with zero attached hydrogens (tertiary/aromatic N) is 4. The smallest absolute Gasteiger partial charge is 0.364 e. The van der Waals surface area contributed by atoms with Crippen molar-refractivity contribution in [3.63, 3.8) is 0 Å². The van der Waals surface area contributed by atoms with Crippen molar-refractivity contribution in [3.05, 3.63) is 40.8 Å². The lowest BCUT2D eigenvalue weighted by Crippen LogP contribution is -2.14. The normalized spacial score (nSPS) is 10.9. The molecule has 3 aromatic heterocycles. The monoisotopic (exact) mass is 245 g/mol. The first-order valence-electron chi connectivity index (χ1n) is 5.48. The van der Waals surface area contributed by atoms with Crippen LogP contribution in [0.1, 0.15) is 5.69 Å². The van der Waals surface area contributed by atoms with E-state index in [1.165, 1.54) is 4.52 Å². The highest BCUT2D eigenvalue weighted by atomic mass is 16.2. The van der Waals surface area contributed by atoms with E-state index >= 15 is 0 Å². The predicted molar refractivity (Wildman–Crippen MR) is 64.4 cm³/mol. The molecule has 3 rings (SSSR count). The SMILES string of the molecule is O=c1[nH]nc2ccc(NCCc3cnc[nH]3)nn12. The van der Waals surface area contributed by atoms with E-state index in [2.05, 4.69) is 30.6 Å². The third-order valence-electron chi connectivity index (χ3n) is 2.53. The van der Waals surface area contributed by atoms with Gasteiger partial charge in [-0.25, -0.2) is 14.9 Å². The summed E-state index contributed by atoms with van der Waals surface area (Å²) in [6, 6.07) is 3.51. The molecule has 3 aromatic rings. The Hall–Kier alpha value is -2.64. The second kappa shape index (κ2) is 4.32. The van der Waals surface area contributed by atoms with E-state index in [1.807, 2.05) is 0 Å². The van der Waals surface area contributed by atoms with Gasteiger partial charge in [0, 0.05) is 24.9 Å². The Balaban J connectivity index is 1.70. The number of anilines is 1. The molecule has 0 saturated heterocycles. The van der Waals surface area contributed by atoms with E-state index in [0.717, 1.165) is 12.1 Å². The van der Waals surface area contributed by atoms with Crippen molar-refractivity contribution in [2.24, 2.45) is 0 Å². The number of hydrogen-bond donors (Lipinski definition) is 3. The lowest BCUT2D eigenvalue weighted by molar-refractivity contribution is 0.868. The number of rotatable bonds is 4. The number of fused-ring (bicyclic) bond motifs is 1. The number of aromatic amines is 2. The molecule has 0 aliphatic rings. The third-order valence-corrected chi connectivity index (χ3v) is 2.53. The van der Waals surface area contributed by atoms with Gasteiger partial charge in [-0.05, 0) is 12.1 Å². The van der Waals surface area contributed by atoms with Gasteiger partial charge in [-0.3, -0.25) is 0 Å². The summed E-state index contributed by atoms with van der Waals surface area (Å²) in [5, 5.41) is 13.4. The molecule has 0 aromatic carbocycles. The molecule has 0 bridgehead atoms. The highest BCUT2D eigenvalue weighted by Gasteiger charge is 2.02. The van der Waals surface area contributed by atoms with Crippen LogP contribution in [-0.2, 0) is 6.42 Å². The van der Waals surface area contributed by atoms with Crippen LogP contribution in [0.2, 0.25) is 0 Å². The quantitative estimate of drug-likeness (QED) is 0.590. The lowest BCUT2D eigenvalue weighted by atomic mass is 10.3. The summed E-state index contributed by atoms with van der Waals surface area (Å²) in [5.74, 6) is 0.630. The van der Waals surface area contributed by atoms with Gasteiger partial charge in [-0.2, -0.15) is 9.61 Å². The molecule has 8 heteroatoms. The van der Waals surface area contributed by atoms with Crippen molar-refractivity contribution >= 4 is 11.5 Å². The van der Waals surface area contributed by atoms with Crippen molar-refractivity contribution in [3.8, 4) is 0 Å². The molecule has 0 saturated carbocycles. The Morgan fingerprint density at radius 2 is 2.33 bits per heavy atom. The minimum absolute atomic E-state index is 0.345. The molecule has 0 fully saturated rings. The number of imidazole rings is 1. The zero-order chi connectivity index (χ0) is 12.4. The maximum absolute atomic E-state index is 11.3. The Bertz CT molecular complexity index is 696. The Morgan fingerprint density at radius 3 is 3.17 bits per heavy atom. The number of aromatic nitrogens is 6. The van der Waals surface area contributed by atoms with Gasteiger partial charge in [-0.1, -0.05) is 0 Å². The molecule has 0 atom stereocenters. The zero-order valence-electron chi connectivity index (χ0n) is 9.42. The van der Waals surface area contributed by atoms with Gasteiger partial charge in [0.25, 0.3) is 0 Å². The molecule has 0 aliphatic carbocycles. The standard InChI is InChI=1S/C10H11N7O/c18-10-15-14-9-2-1-8(16-17(9)10)12-4-3-7-5-11-6-13-7/h1-2,5-6H,3-4H2,(H,11,13)(H,12,16)(H,15,18). The van der Waals surface area contributed by atoms with Gasteiger partial charge < -0.3 is 10.3 Å². The van der Waals surface area contributed by atoms with Gasteiger partial charge in [0.15, 0.2) is 5.65 Å². The Morgan fingerprint density at radius 1 is 1.39 bits per heavy atom. The summed E-state index contributed by atoms with van der Waals surface area (Å²) in [6.07, 6.45) is 4.23. The van der Waals surface area contributed by atoms with Crippen LogP contribution in [0.5, 0.6) is 0 Å². The number of hydrogen-bond acceptors (Lipinski definition) is 5. The van der Waals surface area contributed by atoms with E-state index in [0.29, 0.717) is 18.0 Å². The fourth-order valence-electron chi connectivity index (χ4n) is 1.64. The minimum Gasteiger partial charge on any atom is -0.368 e. The van der Waals surface area contributed by atoms with Gasteiger partial charge >= 0.3 is 5.69 Å². The van der Waals surface area contributed by atoms with Crippen molar-refractivity contribution in [2.75, 3.05) is 11.9 Å². The summed E-state index contributed by atoms with van der Waals surface area (Å²) in [7, 11) is 0. The molecule has 0 aliphatic heterocycles. The molecule has 0 unspecified atom stereocenters. The molecule has 18 heavy (non-hydrogen) atoms. The molecule has 3 N–H and O–H groups in total. The fourth-order valence-corrected chi connectivity index (χ4v) is 1.64. The molecule has 8 nitrogen and oxygen atoms in total. The van der Waals surface area contributed by atoms with Gasteiger partial charge in [0.1, 0.15) is 5.82 Å². The largest absolute Gasteiger partial charge is 0.368 e. The maximum Gasteiger partial charge on any atom is 0.364 e. The lowest BCUT2D eigenvalue weighted by Gasteiger charge is -2.03. The molecular formula is C10H11N7O. The summed E-state index contributed by atoms with van der Waals surface area (Å²) in [4.78, 5) is 18.3.